The van der Waals surface area contributed by atoms with E-state index in [9.17, 15) is 9.59 Å². The molecule has 0 aliphatic carbocycles. The molecule has 2 heterocycles. The van der Waals surface area contributed by atoms with Crippen molar-refractivity contribution < 1.29 is 23.4 Å². The van der Waals surface area contributed by atoms with E-state index in [1.807, 2.05) is 68.4 Å². The molecule has 0 saturated carbocycles. The van der Waals surface area contributed by atoms with Crippen molar-refractivity contribution >= 4 is 16.9 Å². The number of aryl methyl sites for hydroxylation is 2. The molecule has 1 unspecified atom stereocenters. The Kier molecular flexibility index (Phi) is 6.38. The van der Waals surface area contributed by atoms with Crippen LogP contribution in [0.2, 0.25) is 0 Å². The van der Waals surface area contributed by atoms with Crippen molar-refractivity contribution in [3.05, 3.63) is 98.4 Å². The minimum absolute atomic E-state index is 0.0980. The van der Waals surface area contributed by atoms with E-state index in [-0.39, 0.29) is 17.1 Å². The molecule has 0 N–H and O–H groups in total. The molecule has 37 heavy (non-hydrogen) atoms. The van der Waals surface area contributed by atoms with E-state index >= 15 is 0 Å². The van der Waals surface area contributed by atoms with E-state index in [4.69, 9.17) is 18.6 Å². The number of carbonyl (C=O) groups is 1. The van der Waals surface area contributed by atoms with Crippen LogP contribution in [-0.2, 0) is 6.42 Å². The Morgan fingerprint density at radius 1 is 0.865 bits per heavy atom. The molecule has 7 heteroatoms. The lowest BCUT2D eigenvalue weighted by Crippen LogP contribution is -2.31. The van der Waals surface area contributed by atoms with Gasteiger partial charge in [-0.15, -0.1) is 0 Å². The van der Waals surface area contributed by atoms with Crippen LogP contribution < -0.4 is 19.6 Å². The Morgan fingerprint density at radius 3 is 2.35 bits per heavy atom. The smallest absolute Gasteiger partial charge is 0.290 e. The maximum absolute atomic E-state index is 13.8. The summed E-state index contributed by atoms with van der Waals surface area (Å²) in [6, 6.07) is 16.2. The number of hydrogen-bond acceptors (Lipinski definition) is 6. The summed E-state index contributed by atoms with van der Waals surface area (Å²) >= 11 is 0. The molecule has 1 atom stereocenters. The van der Waals surface area contributed by atoms with Gasteiger partial charge < -0.3 is 23.5 Å². The van der Waals surface area contributed by atoms with Crippen LogP contribution in [0.15, 0.2) is 63.8 Å². The van der Waals surface area contributed by atoms with Crippen LogP contribution in [0, 0.1) is 13.8 Å². The van der Waals surface area contributed by atoms with Gasteiger partial charge in [-0.3, -0.25) is 9.59 Å². The molecule has 1 amide bonds. The van der Waals surface area contributed by atoms with Crippen molar-refractivity contribution in [3.8, 4) is 17.2 Å². The number of rotatable bonds is 7. The number of benzene rings is 3. The number of methoxy groups -OCH3 is 3. The van der Waals surface area contributed by atoms with Gasteiger partial charge in [0.25, 0.3) is 5.91 Å². The molecular formula is C30H29NO6. The van der Waals surface area contributed by atoms with Gasteiger partial charge in [0, 0.05) is 6.54 Å². The SMILES string of the molecule is COc1cccc(C2c3c(oc4cc(C)c(C)cc4c3=O)C(=O)N2CCc2ccc(OC)c(OC)c2)c1. The first kappa shape index (κ1) is 24.4. The maximum Gasteiger partial charge on any atom is 0.290 e. The summed E-state index contributed by atoms with van der Waals surface area (Å²) < 4.78 is 22.4. The van der Waals surface area contributed by atoms with E-state index in [0.717, 1.165) is 22.3 Å². The fourth-order valence-electron chi connectivity index (χ4n) is 4.95. The average molecular weight is 500 g/mol. The summed E-state index contributed by atoms with van der Waals surface area (Å²) in [5, 5.41) is 0.476. The number of fused-ring (bicyclic) bond motifs is 2. The summed E-state index contributed by atoms with van der Waals surface area (Å²) in [4.78, 5) is 29.3. The largest absolute Gasteiger partial charge is 0.497 e. The van der Waals surface area contributed by atoms with Crippen LogP contribution in [0.5, 0.6) is 17.2 Å². The lowest BCUT2D eigenvalue weighted by molar-refractivity contribution is 0.0730. The van der Waals surface area contributed by atoms with Gasteiger partial charge in [-0.1, -0.05) is 18.2 Å². The lowest BCUT2D eigenvalue weighted by Gasteiger charge is -2.25. The molecule has 7 nitrogen and oxygen atoms in total. The normalized spacial score (nSPS) is 14.7. The van der Waals surface area contributed by atoms with E-state index in [1.165, 1.54) is 0 Å². The van der Waals surface area contributed by atoms with Gasteiger partial charge in [-0.25, -0.2) is 0 Å². The number of hydrogen-bond donors (Lipinski definition) is 0. The molecule has 0 saturated heterocycles. The molecular weight excluding hydrogens is 470 g/mol. The molecule has 190 valence electrons. The second kappa shape index (κ2) is 9.65. The number of ether oxygens (including phenoxy) is 3. The van der Waals surface area contributed by atoms with E-state index in [1.54, 1.807) is 26.2 Å². The topological polar surface area (TPSA) is 78.2 Å². The van der Waals surface area contributed by atoms with Crippen molar-refractivity contribution in [1.82, 2.24) is 4.90 Å². The summed E-state index contributed by atoms with van der Waals surface area (Å²) in [6.45, 7) is 4.29. The molecule has 4 aromatic rings. The quantitative estimate of drug-likeness (QED) is 0.347. The van der Waals surface area contributed by atoms with E-state index in [0.29, 0.717) is 46.7 Å². The molecule has 0 bridgehead atoms. The van der Waals surface area contributed by atoms with Gasteiger partial charge in [0.05, 0.1) is 38.3 Å². The zero-order valence-electron chi connectivity index (χ0n) is 21.6. The summed E-state index contributed by atoms with van der Waals surface area (Å²) in [6.07, 6.45) is 0.548. The number of carbonyl (C=O) groups excluding carboxylic acids is 1. The van der Waals surface area contributed by atoms with Crippen LogP contribution in [0.4, 0.5) is 0 Å². The van der Waals surface area contributed by atoms with Crippen LogP contribution in [-0.4, -0.2) is 38.7 Å². The maximum atomic E-state index is 13.8. The van der Waals surface area contributed by atoms with E-state index < -0.39 is 6.04 Å². The second-order valence-corrected chi connectivity index (χ2v) is 9.22. The highest BCUT2D eigenvalue weighted by atomic mass is 16.5. The van der Waals surface area contributed by atoms with Gasteiger partial charge in [0.15, 0.2) is 16.9 Å². The third-order valence-corrected chi connectivity index (χ3v) is 7.08. The fourth-order valence-corrected chi connectivity index (χ4v) is 4.95. The molecule has 5 rings (SSSR count). The minimum atomic E-state index is -0.597. The summed E-state index contributed by atoms with van der Waals surface area (Å²) in [5.41, 5.74) is 4.35. The first-order valence-corrected chi connectivity index (χ1v) is 12.1. The van der Waals surface area contributed by atoms with Crippen LogP contribution in [0.1, 0.15) is 44.4 Å². The Balaban J connectivity index is 1.61. The van der Waals surface area contributed by atoms with Gasteiger partial charge in [0.2, 0.25) is 5.76 Å². The predicted octanol–water partition coefficient (Wildman–Crippen LogP) is 5.22. The van der Waals surface area contributed by atoms with Crippen molar-refractivity contribution in [1.29, 1.82) is 0 Å². The monoisotopic (exact) mass is 499 g/mol. The highest BCUT2D eigenvalue weighted by molar-refractivity contribution is 5.99. The zero-order chi connectivity index (χ0) is 26.3. The highest BCUT2D eigenvalue weighted by Gasteiger charge is 2.42. The van der Waals surface area contributed by atoms with Crippen LogP contribution >= 0.6 is 0 Å². The molecule has 0 spiro atoms. The van der Waals surface area contributed by atoms with Crippen LogP contribution in [0.25, 0.3) is 11.0 Å². The Hall–Kier alpha value is -4.26. The predicted molar refractivity (Wildman–Crippen MR) is 141 cm³/mol. The van der Waals surface area contributed by atoms with Crippen LogP contribution in [0.3, 0.4) is 0 Å². The van der Waals surface area contributed by atoms with Gasteiger partial charge >= 0.3 is 0 Å². The third kappa shape index (κ3) is 4.20. The molecule has 3 aromatic carbocycles. The first-order valence-electron chi connectivity index (χ1n) is 12.1. The minimum Gasteiger partial charge on any atom is -0.497 e. The Labute approximate surface area is 215 Å². The Bertz CT molecular complexity index is 1570. The van der Waals surface area contributed by atoms with Crippen molar-refractivity contribution in [2.24, 2.45) is 0 Å². The Morgan fingerprint density at radius 2 is 1.62 bits per heavy atom. The second-order valence-electron chi connectivity index (χ2n) is 9.22. The first-order chi connectivity index (χ1) is 17.9. The van der Waals surface area contributed by atoms with Gasteiger partial charge in [0.1, 0.15) is 11.3 Å². The number of amides is 1. The highest BCUT2D eigenvalue weighted by Crippen LogP contribution is 2.39. The molecule has 1 aliphatic rings. The zero-order valence-corrected chi connectivity index (χ0v) is 21.6. The van der Waals surface area contributed by atoms with Gasteiger partial charge in [-0.05, 0) is 78.9 Å². The number of nitrogens with zero attached hydrogens (tertiary/aromatic N) is 1. The molecule has 0 fully saturated rings. The lowest BCUT2D eigenvalue weighted by atomic mass is 9.97. The van der Waals surface area contributed by atoms with Crippen molar-refractivity contribution in [2.45, 2.75) is 26.3 Å². The molecule has 0 radical (unpaired) electrons. The van der Waals surface area contributed by atoms with Crippen molar-refractivity contribution in [3.63, 3.8) is 0 Å². The third-order valence-electron chi connectivity index (χ3n) is 7.08. The summed E-state index contributed by atoms with van der Waals surface area (Å²) in [5.74, 6) is 1.70. The van der Waals surface area contributed by atoms with E-state index in [2.05, 4.69) is 0 Å². The van der Waals surface area contributed by atoms with Gasteiger partial charge in [-0.2, -0.15) is 0 Å². The van der Waals surface area contributed by atoms with Crippen molar-refractivity contribution in [2.75, 3.05) is 27.9 Å². The molecule has 1 aromatic heterocycles. The standard InChI is InChI=1S/C30H29NO6/c1-17-13-22-24(14-18(17)2)37-29-26(28(22)32)27(20-7-6-8-21(16-20)34-3)31(30(29)33)12-11-19-9-10-23(35-4)25(15-19)36-5/h6-10,13-16,27H,11-12H2,1-5H3. The fraction of sp³-hybridized carbons (Fsp3) is 0.267. The molecule has 1 aliphatic heterocycles. The average Bonchev–Trinajstić information content (AvgIpc) is 3.20. The summed E-state index contributed by atoms with van der Waals surface area (Å²) in [7, 11) is 4.77.